The molecule has 16 heavy (non-hydrogen) atoms. The molecule has 1 aromatic carbocycles. The first kappa shape index (κ1) is 12.6. The van der Waals surface area contributed by atoms with Gasteiger partial charge in [-0.15, -0.1) is 0 Å². The molecule has 0 aliphatic heterocycles. The highest BCUT2D eigenvalue weighted by atomic mass is 16.5. The molecule has 0 amide bonds. The highest BCUT2D eigenvalue weighted by Gasteiger charge is 2.15. The summed E-state index contributed by atoms with van der Waals surface area (Å²) in [4.78, 5) is 0. The maximum Gasteiger partial charge on any atom is 0.118 e. The monoisotopic (exact) mass is 221 g/mol. The molecule has 0 heterocycles. The molecular formula is C13H19NO2. The van der Waals surface area contributed by atoms with Crippen LogP contribution in [0.4, 0.5) is 0 Å². The maximum atomic E-state index is 8.95. The van der Waals surface area contributed by atoms with Gasteiger partial charge in [0.05, 0.1) is 12.8 Å². The molecule has 0 aromatic heterocycles. The van der Waals surface area contributed by atoms with Gasteiger partial charge in [0.2, 0.25) is 0 Å². The van der Waals surface area contributed by atoms with Crippen LogP contribution in [0.3, 0.4) is 0 Å². The first-order valence-corrected chi connectivity index (χ1v) is 5.61. The number of methoxy groups -OCH3 is 1. The van der Waals surface area contributed by atoms with Crippen molar-refractivity contribution in [2.45, 2.75) is 32.6 Å². The van der Waals surface area contributed by atoms with Gasteiger partial charge in [0.25, 0.3) is 0 Å². The number of hydrogen-bond donors (Lipinski definition) is 1. The molecule has 0 bridgehead atoms. The Kier molecular flexibility index (Phi) is 4.83. The Balaban J connectivity index is 2.95. The lowest BCUT2D eigenvalue weighted by Gasteiger charge is -2.16. The van der Waals surface area contributed by atoms with Crippen LogP contribution in [-0.2, 0) is 0 Å². The standard InChI is InChI=1S/C13H19NO2/c1-4-12(13(5-2)14-15)10-6-8-11(16-3)9-7-10/h6-9,12,15H,4-5H2,1-3H3/b14-13-/t12-/m0/s1. The fourth-order valence-electron chi connectivity index (χ4n) is 1.89. The van der Waals surface area contributed by atoms with E-state index >= 15 is 0 Å². The molecule has 88 valence electrons. The highest BCUT2D eigenvalue weighted by Crippen LogP contribution is 2.24. The molecule has 0 aliphatic rings. The van der Waals surface area contributed by atoms with Gasteiger partial charge in [-0.1, -0.05) is 31.1 Å². The van der Waals surface area contributed by atoms with E-state index < -0.39 is 0 Å². The third kappa shape index (κ3) is 2.75. The van der Waals surface area contributed by atoms with Gasteiger partial charge in [0.15, 0.2) is 0 Å². The minimum Gasteiger partial charge on any atom is -0.497 e. The summed E-state index contributed by atoms with van der Waals surface area (Å²) in [5.74, 6) is 1.04. The number of nitrogens with zero attached hydrogens (tertiary/aromatic N) is 1. The van der Waals surface area contributed by atoms with Crippen LogP contribution in [0, 0.1) is 0 Å². The maximum absolute atomic E-state index is 8.95. The lowest BCUT2D eigenvalue weighted by atomic mass is 9.90. The molecule has 0 spiro atoms. The number of hydrogen-bond acceptors (Lipinski definition) is 3. The van der Waals surface area contributed by atoms with Crippen molar-refractivity contribution in [2.24, 2.45) is 5.16 Å². The number of benzene rings is 1. The fraction of sp³-hybridized carbons (Fsp3) is 0.462. The van der Waals surface area contributed by atoms with Crippen molar-refractivity contribution in [2.75, 3.05) is 7.11 Å². The Morgan fingerprint density at radius 3 is 2.31 bits per heavy atom. The molecule has 1 N–H and O–H groups in total. The van der Waals surface area contributed by atoms with E-state index in [0.717, 1.165) is 29.9 Å². The van der Waals surface area contributed by atoms with E-state index in [1.165, 1.54) is 0 Å². The van der Waals surface area contributed by atoms with Gasteiger partial charge in [-0.3, -0.25) is 0 Å². The molecule has 3 heteroatoms. The van der Waals surface area contributed by atoms with E-state index in [1.807, 2.05) is 31.2 Å². The Hall–Kier alpha value is -1.51. The smallest absolute Gasteiger partial charge is 0.118 e. The first-order chi connectivity index (χ1) is 7.76. The third-order valence-corrected chi connectivity index (χ3v) is 2.82. The van der Waals surface area contributed by atoms with Crippen LogP contribution in [0.15, 0.2) is 29.4 Å². The van der Waals surface area contributed by atoms with Gasteiger partial charge in [-0.2, -0.15) is 0 Å². The van der Waals surface area contributed by atoms with E-state index in [2.05, 4.69) is 12.1 Å². The average molecular weight is 221 g/mol. The van der Waals surface area contributed by atoms with Gasteiger partial charge in [0, 0.05) is 5.92 Å². The van der Waals surface area contributed by atoms with Gasteiger partial charge in [0.1, 0.15) is 5.75 Å². The van der Waals surface area contributed by atoms with Crippen LogP contribution in [0.25, 0.3) is 0 Å². The van der Waals surface area contributed by atoms with Gasteiger partial charge >= 0.3 is 0 Å². The van der Waals surface area contributed by atoms with E-state index in [-0.39, 0.29) is 5.92 Å². The van der Waals surface area contributed by atoms with Crippen LogP contribution in [0.1, 0.15) is 38.2 Å². The fourth-order valence-corrected chi connectivity index (χ4v) is 1.89. The Morgan fingerprint density at radius 2 is 1.94 bits per heavy atom. The zero-order valence-electron chi connectivity index (χ0n) is 10.1. The normalized spacial score (nSPS) is 13.6. The molecule has 3 nitrogen and oxygen atoms in total. The third-order valence-electron chi connectivity index (χ3n) is 2.82. The molecule has 0 saturated carbocycles. The molecule has 0 aliphatic carbocycles. The second-order valence-corrected chi connectivity index (χ2v) is 3.68. The second-order valence-electron chi connectivity index (χ2n) is 3.68. The quantitative estimate of drug-likeness (QED) is 0.470. The summed E-state index contributed by atoms with van der Waals surface area (Å²) in [7, 11) is 1.65. The molecule has 1 rings (SSSR count). The Bertz CT molecular complexity index is 343. The van der Waals surface area contributed by atoms with E-state index in [4.69, 9.17) is 9.94 Å². The molecule has 0 radical (unpaired) electrons. The van der Waals surface area contributed by atoms with Gasteiger partial charge in [-0.05, 0) is 30.5 Å². The van der Waals surface area contributed by atoms with Crippen LogP contribution < -0.4 is 4.74 Å². The van der Waals surface area contributed by atoms with Crippen molar-refractivity contribution in [3.8, 4) is 5.75 Å². The van der Waals surface area contributed by atoms with Crippen LogP contribution in [0.5, 0.6) is 5.75 Å². The predicted molar refractivity (Wildman–Crippen MR) is 65.5 cm³/mol. The molecule has 1 atom stereocenters. The van der Waals surface area contributed by atoms with E-state index in [1.54, 1.807) is 7.11 Å². The van der Waals surface area contributed by atoms with Crippen molar-refractivity contribution in [1.82, 2.24) is 0 Å². The molecule has 0 unspecified atom stereocenters. The summed E-state index contributed by atoms with van der Waals surface area (Å²) < 4.78 is 5.12. The highest BCUT2D eigenvalue weighted by molar-refractivity contribution is 5.90. The minimum atomic E-state index is 0.195. The Morgan fingerprint density at radius 1 is 1.31 bits per heavy atom. The summed E-state index contributed by atoms with van der Waals surface area (Å²) >= 11 is 0. The summed E-state index contributed by atoms with van der Waals surface area (Å²) in [6.07, 6.45) is 1.70. The summed E-state index contributed by atoms with van der Waals surface area (Å²) in [6, 6.07) is 7.91. The van der Waals surface area contributed by atoms with E-state index in [0.29, 0.717) is 0 Å². The van der Waals surface area contributed by atoms with Crippen LogP contribution in [-0.4, -0.2) is 18.0 Å². The lowest BCUT2D eigenvalue weighted by molar-refractivity contribution is 0.315. The summed E-state index contributed by atoms with van der Waals surface area (Å²) in [6.45, 7) is 4.09. The average Bonchev–Trinajstić information content (AvgIpc) is 2.36. The SMILES string of the molecule is CC/C(=N/O)[C@@H](CC)c1ccc(OC)cc1. The number of rotatable bonds is 5. The zero-order valence-corrected chi connectivity index (χ0v) is 10.1. The van der Waals surface area contributed by atoms with Crippen molar-refractivity contribution in [1.29, 1.82) is 0 Å². The van der Waals surface area contributed by atoms with Crippen molar-refractivity contribution in [3.05, 3.63) is 29.8 Å². The van der Waals surface area contributed by atoms with Crippen LogP contribution >= 0.6 is 0 Å². The van der Waals surface area contributed by atoms with Crippen molar-refractivity contribution in [3.63, 3.8) is 0 Å². The largest absolute Gasteiger partial charge is 0.497 e. The van der Waals surface area contributed by atoms with Crippen LogP contribution in [0.2, 0.25) is 0 Å². The summed E-state index contributed by atoms with van der Waals surface area (Å²) in [5, 5.41) is 12.3. The zero-order chi connectivity index (χ0) is 12.0. The molecule has 0 saturated heterocycles. The minimum absolute atomic E-state index is 0.195. The van der Waals surface area contributed by atoms with Crippen molar-refractivity contribution < 1.29 is 9.94 Å². The second kappa shape index (κ2) is 6.16. The predicted octanol–water partition coefficient (Wildman–Crippen LogP) is 3.43. The van der Waals surface area contributed by atoms with Gasteiger partial charge in [-0.25, -0.2) is 0 Å². The molecule has 0 fully saturated rings. The topological polar surface area (TPSA) is 41.8 Å². The lowest BCUT2D eigenvalue weighted by Crippen LogP contribution is -2.11. The van der Waals surface area contributed by atoms with E-state index in [9.17, 15) is 0 Å². The van der Waals surface area contributed by atoms with Gasteiger partial charge < -0.3 is 9.94 Å². The summed E-state index contributed by atoms with van der Waals surface area (Å²) in [5.41, 5.74) is 1.99. The molecule has 1 aromatic rings. The number of oxime groups is 1. The first-order valence-electron chi connectivity index (χ1n) is 5.61. The Labute approximate surface area is 96.7 Å². The van der Waals surface area contributed by atoms with Crippen molar-refractivity contribution >= 4 is 5.71 Å². The molecular weight excluding hydrogens is 202 g/mol. The number of ether oxygens (including phenoxy) is 1.